The lowest BCUT2D eigenvalue weighted by molar-refractivity contribution is -0.00714. The van der Waals surface area contributed by atoms with E-state index < -0.39 is 0 Å². The summed E-state index contributed by atoms with van der Waals surface area (Å²) in [6, 6.07) is 8.70. The lowest BCUT2D eigenvalue weighted by Gasteiger charge is -2.37. The van der Waals surface area contributed by atoms with Crippen LogP contribution in [0.15, 0.2) is 24.3 Å². The van der Waals surface area contributed by atoms with Crippen LogP contribution in [0.5, 0.6) is 0 Å². The highest BCUT2D eigenvalue weighted by atomic mass is 35.5. The van der Waals surface area contributed by atoms with E-state index in [4.69, 9.17) is 21.4 Å². The van der Waals surface area contributed by atoms with E-state index in [0.717, 1.165) is 43.8 Å². The molecule has 1 N–H and O–H groups in total. The molecule has 0 bridgehead atoms. The fraction of sp³-hybridized carbons (Fsp3) is 0.647. The number of rotatable bonds is 7. The van der Waals surface area contributed by atoms with Crippen molar-refractivity contribution in [2.75, 3.05) is 26.3 Å². The van der Waals surface area contributed by atoms with Crippen molar-refractivity contribution in [3.05, 3.63) is 34.9 Å². The molecule has 21 heavy (non-hydrogen) atoms. The maximum atomic E-state index is 8.79. The average Bonchev–Trinajstić information content (AvgIpc) is 2.52. The molecule has 0 aliphatic carbocycles. The molecule has 1 saturated heterocycles. The molecule has 0 saturated carbocycles. The molecular formula is C17H26ClNO2. The van der Waals surface area contributed by atoms with Gasteiger partial charge in [0.15, 0.2) is 0 Å². The molecule has 1 aliphatic rings. The first-order chi connectivity index (χ1) is 10.2. The van der Waals surface area contributed by atoms with Crippen LogP contribution >= 0.6 is 11.6 Å². The molecule has 1 aromatic carbocycles. The smallest absolute Gasteiger partial charge is 0.0599 e. The highest BCUT2D eigenvalue weighted by Gasteiger charge is 2.25. The van der Waals surface area contributed by atoms with Gasteiger partial charge in [0, 0.05) is 37.4 Å². The third kappa shape index (κ3) is 4.96. The largest absolute Gasteiger partial charge is 0.396 e. The van der Waals surface area contributed by atoms with Gasteiger partial charge in [-0.1, -0.05) is 30.7 Å². The Kier molecular flexibility index (Phi) is 6.97. The minimum atomic E-state index is 0.216. The van der Waals surface area contributed by atoms with Gasteiger partial charge in [-0.2, -0.15) is 0 Å². The first-order valence-corrected chi connectivity index (χ1v) is 8.34. The summed E-state index contributed by atoms with van der Waals surface area (Å²) < 4.78 is 5.80. The van der Waals surface area contributed by atoms with E-state index in [2.05, 4.69) is 24.0 Å². The van der Waals surface area contributed by atoms with Gasteiger partial charge >= 0.3 is 0 Å². The van der Waals surface area contributed by atoms with E-state index in [0.29, 0.717) is 18.8 Å². The summed E-state index contributed by atoms with van der Waals surface area (Å²) >= 11 is 5.98. The lowest BCUT2D eigenvalue weighted by atomic mass is 9.98. The minimum absolute atomic E-state index is 0.216. The molecule has 1 fully saturated rings. The number of piperidine rings is 1. The molecular weight excluding hydrogens is 286 g/mol. The van der Waals surface area contributed by atoms with Crippen LogP contribution in [0.3, 0.4) is 0 Å². The number of benzene rings is 1. The highest BCUT2D eigenvalue weighted by molar-refractivity contribution is 6.30. The number of ether oxygens (including phenoxy) is 1. The monoisotopic (exact) mass is 311 g/mol. The molecule has 3 nitrogen and oxygen atoms in total. The first kappa shape index (κ1) is 16.8. The number of nitrogens with zero attached hydrogens (tertiary/aromatic N) is 1. The number of halogens is 1. The Balaban J connectivity index is 1.86. The summed E-state index contributed by atoms with van der Waals surface area (Å²) in [6.45, 7) is 5.28. The summed E-state index contributed by atoms with van der Waals surface area (Å²) in [7, 11) is 0. The summed E-state index contributed by atoms with van der Waals surface area (Å²) in [6.07, 6.45) is 4.36. The van der Waals surface area contributed by atoms with Crippen LogP contribution in [-0.2, 0) is 4.74 Å². The SMILES string of the molecule is CCC(c1ccc(Cl)cc1)N1CCC(OCCCO)CC1. The zero-order chi connectivity index (χ0) is 15.1. The second-order valence-electron chi connectivity index (χ2n) is 5.66. The van der Waals surface area contributed by atoms with Gasteiger partial charge in [0.2, 0.25) is 0 Å². The van der Waals surface area contributed by atoms with Crippen molar-refractivity contribution in [1.82, 2.24) is 4.90 Å². The van der Waals surface area contributed by atoms with Crippen LogP contribution < -0.4 is 0 Å². The molecule has 1 unspecified atom stereocenters. The second-order valence-corrected chi connectivity index (χ2v) is 6.10. The quantitative estimate of drug-likeness (QED) is 0.780. The topological polar surface area (TPSA) is 32.7 Å². The van der Waals surface area contributed by atoms with E-state index in [-0.39, 0.29) is 6.61 Å². The van der Waals surface area contributed by atoms with Crippen LogP contribution in [-0.4, -0.2) is 42.4 Å². The number of aliphatic hydroxyl groups excluding tert-OH is 1. The molecule has 1 heterocycles. The van der Waals surface area contributed by atoms with Gasteiger partial charge in [0.05, 0.1) is 6.10 Å². The maximum Gasteiger partial charge on any atom is 0.0599 e. The highest BCUT2D eigenvalue weighted by Crippen LogP contribution is 2.28. The van der Waals surface area contributed by atoms with Gasteiger partial charge < -0.3 is 9.84 Å². The van der Waals surface area contributed by atoms with Gasteiger partial charge in [0.25, 0.3) is 0 Å². The van der Waals surface area contributed by atoms with Crippen LogP contribution in [0.4, 0.5) is 0 Å². The van der Waals surface area contributed by atoms with Crippen molar-refractivity contribution < 1.29 is 9.84 Å². The van der Waals surface area contributed by atoms with Gasteiger partial charge in [-0.05, 0) is 43.4 Å². The Morgan fingerprint density at radius 3 is 2.52 bits per heavy atom. The number of hydrogen-bond acceptors (Lipinski definition) is 3. The third-order valence-electron chi connectivity index (χ3n) is 4.21. The van der Waals surface area contributed by atoms with Crippen molar-refractivity contribution in [1.29, 1.82) is 0 Å². The van der Waals surface area contributed by atoms with E-state index in [1.165, 1.54) is 5.56 Å². The fourth-order valence-electron chi connectivity index (χ4n) is 3.06. The maximum absolute atomic E-state index is 8.79. The van der Waals surface area contributed by atoms with Crippen molar-refractivity contribution in [3.8, 4) is 0 Å². The van der Waals surface area contributed by atoms with Crippen molar-refractivity contribution >= 4 is 11.6 Å². The van der Waals surface area contributed by atoms with E-state index in [9.17, 15) is 0 Å². The number of hydrogen-bond donors (Lipinski definition) is 1. The summed E-state index contributed by atoms with van der Waals surface area (Å²) in [4.78, 5) is 2.55. The molecule has 0 spiro atoms. The molecule has 0 radical (unpaired) electrons. The van der Waals surface area contributed by atoms with Crippen molar-refractivity contribution in [2.45, 2.75) is 44.8 Å². The molecule has 4 heteroatoms. The Morgan fingerprint density at radius 1 is 1.29 bits per heavy atom. The predicted molar refractivity (Wildman–Crippen MR) is 86.7 cm³/mol. The van der Waals surface area contributed by atoms with Gasteiger partial charge in [-0.15, -0.1) is 0 Å². The molecule has 1 aromatic rings. The van der Waals surface area contributed by atoms with E-state index in [1.54, 1.807) is 0 Å². The zero-order valence-corrected chi connectivity index (χ0v) is 13.6. The predicted octanol–water partition coefficient (Wildman–Crippen LogP) is 3.65. The summed E-state index contributed by atoms with van der Waals surface area (Å²) in [5.74, 6) is 0. The van der Waals surface area contributed by atoms with Gasteiger partial charge in [-0.25, -0.2) is 0 Å². The third-order valence-corrected chi connectivity index (χ3v) is 4.47. The normalized spacial score (nSPS) is 18.8. The van der Waals surface area contributed by atoms with Crippen LogP contribution in [0.2, 0.25) is 5.02 Å². The zero-order valence-electron chi connectivity index (χ0n) is 12.8. The Labute approximate surface area is 132 Å². The van der Waals surface area contributed by atoms with Crippen LogP contribution in [0, 0.1) is 0 Å². The van der Waals surface area contributed by atoms with Gasteiger partial charge in [0.1, 0.15) is 0 Å². The molecule has 1 atom stereocenters. The summed E-state index contributed by atoms with van der Waals surface area (Å²) in [5, 5.41) is 9.59. The van der Waals surface area contributed by atoms with E-state index >= 15 is 0 Å². The van der Waals surface area contributed by atoms with Crippen molar-refractivity contribution in [2.24, 2.45) is 0 Å². The molecule has 0 amide bonds. The molecule has 118 valence electrons. The Bertz CT molecular complexity index is 402. The molecule has 1 aliphatic heterocycles. The van der Waals surface area contributed by atoms with Crippen LogP contribution in [0.25, 0.3) is 0 Å². The van der Waals surface area contributed by atoms with Crippen LogP contribution in [0.1, 0.15) is 44.2 Å². The first-order valence-electron chi connectivity index (χ1n) is 7.96. The lowest BCUT2D eigenvalue weighted by Crippen LogP contribution is -2.39. The van der Waals surface area contributed by atoms with E-state index in [1.807, 2.05) is 12.1 Å². The standard InChI is InChI=1S/C17H26ClNO2/c1-2-17(14-4-6-15(18)7-5-14)19-10-8-16(9-11-19)21-13-3-12-20/h4-7,16-17,20H,2-3,8-13H2,1H3. The average molecular weight is 312 g/mol. The summed E-state index contributed by atoms with van der Waals surface area (Å²) in [5.41, 5.74) is 1.35. The Hall–Kier alpha value is -0.610. The number of likely N-dealkylation sites (tertiary alicyclic amines) is 1. The minimum Gasteiger partial charge on any atom is -0.396 e. The number of aliphatic hydroxyl groups is 1. The van der Waals surface area contributed by atoms with Crippen molar-refractivity contribution in [3.63, 3.8) is 0 Å². The fourth-order valence-corrected chi connectivity index (χ4v) is 3.18. The Morgan fingerprint density at radius 2 is 1.95 bits per heavy atom. The second kappa shape index (κ2) is 8.74. The van der Waals surface area contributed by atoms with Gasteiger partial charge in [-0.3, -0.25) is 4.90 Å². The molecule has 2 rings (SSSR count). The molecule has 0 aromatic heterocycles.